The summed E-state index contributed by atoms with van der Waals surface area (Å²) in [5.41, 5.74) is 1.25. The van der Waals surface area contributed by atoms with Crippen LogP contribution in [0.5, 0.6) is 0 Å². The van der Waals surface area contributed by atoms with Crippen LogP contribution in [0, 0.1) is 17.3 Å². The molecule has 3 unspecified atom stereocenters. The molecule has 1 aliphatic carbocycles. The highest BCUT2D eigenvalue weighted by atomic mass is 32.1. The summed E-state index contributed by atoms with van der Waals surface area (Å²) in [6.45, 7) is 6.81. The van der Waals surface area contributed by atoms with Gasteiger partial charge in [-0.2, -0.15) is 0 Å². The van der Waals surface area contributed by atoms with Crippen molar-refractivity contribution in [1.82, 2.24) is 9.38 Å². The SMILES string of the molecule is CC1CCC(C(C)(C)Cc2cn3ccsc3n2)C(O)C1. The van der Waals surface area contributed by atoms with E-state index in [1.165, 1.54) is 6.42 Å². The summed E-state index contributed by atoms with van der Waals surface area (Å²) in [6, 6.07) is 0. The Morgan fingerprint density at radius 1 is 1.45 bits per heavy atom. The zero-order valence-corrected chi connectivity index (χ0v) is 13.4. The maximum Gasteiger partial charge on any atom is 0.193 e. The maximum atomic E-state index is 10.4. The highest BCUT2D eigenvalue weighted by molar-refractivity contribution is 7.15. The van der Waals surface area contributed by atoms with Gasteiger partial charge in [0.15, 0.2) is 4.96 Å². The van der Waals surface area contributed by atoms with Crippen molar-refractivity contribution in [2.24, 2.45) is 17.3 Å². The van der Waals surface area contributed by atoms with Crippen LogP contribution in [-0.2, 0) is 6.42 Å². The van der Waals surface area contributed by atoms with E-state index in [-0.39, 0.29) is 11.5 Å². The lowest BCUT2D eigenvalue weighted by Gasteiger charge is -2.41. The number of imidazole rings is 1. The first-order valence-electron chi connectivity index (χ1n) is 7.55. The molecule has 0 aromatic carbocycles. The van der Waals surface area contributed by atoms with Crippen LogP contribution in [0.4, 0.5) is 0 Å². The molecule has 20 heavy (non-hydrogen) atoms. The number of aliphatic hydroxyl groups excluding tert-OH is 1. The van der Waals surface area contributed by atoms with Crippen LogP contribution >= 0.6 is 11.3 Å². The molecule has 3 rings (SSSR count). The van der Waals surface area contributed by atoms with E-state index in [2.05, 4.69) is 42.9 Å². The van der Waals surface area contributed by atoms with Gasteiger partial charge >= 0.3 is 0 Å². The highest BCUT2D eigenvalue weighted by Gasteiger charge is 2.38. The molecule has 2 aromatic rings. The van der Waals surface area contributed by atoms with Crippen molar-refractivity contribution >= 4 is 16.3 Å². The molecule has 0 spiro atoms. The van der Waals surface area contributed by atoms with Crippen LogP contribution < -0.4 is 0 Å². The van der Waals surface area contributed by atoms with Crippen molar-refractivity contribution in [2.45, 2.75) is 52.6 Å². The number of nitrogens with zero attached hydrogens (tertiary/aromatic N) is 2. The predicted octanol–water partition coefficient (Wildman–Crippen LogP) is 3.76. The molecule has 0 radical (unpaired) electrons. The molecular weight excluding hydrogens is 268 g/mol. The number of aliphatic hydroxyl groups is 1. The topological polar surface area (TPSA) is 37.5 Å². The fourth-order valence-corrected chi connectivity index (χ4v) is 4.44. The van der Waals surface area contributed by atoms with E-state index < -0.39 is 0 Å². The van der Waals surface area contributed by atoms with Crippen LogP contribution in [0.1, 0.15) is 45.7 Å². The van der Waals surface area contributed by atoms with Gasteiger partial charge in [-0.1, -0.05) is 27.2 Å². The molecule has 1 saturated carbocycles. The normalized spacial score (nSPS) is 28.1. The molecule has 110 valence electrons. The fraction of sp³-hybridized carbons (Fsp3) is 0.688. The number of fused-ring (bicyclic) bond motifs is 1. The zero-order chi connectivity index (χ0) is 14.3. The van der Waals surface area contributed by atoms with Crippen molar-refractivity contribution in [2.75, 3.05) is 0 Å². The highest BCUT2D eigenvalue weighted by Crippen LogP contribution is 2.42. The Balaban J connectivity index is 1.75. The Labute approximate surface area is 124 Å². The van der Waals surface area contributed by atoms with Crippen molar-refractivity contribution in [3.63, 3.8) is 0 Å². The molecule has 3 nitrogen and oxygen atoms in total. The molecule has 1 aliphatic rings. The third-order valence-electron chi connectivity index (χ3n) is 4.86. The summed E-state index contributed by atoms with van der Waals surface area (Å²) in [5, 5.41) is 12.5. The molecule has 0 amide bonds. The molecule has 0 saturated heterocycles. The summed E-state index contributed by atoms with van der Waals surface area (Å²) in [7, 11) is 0. The molecule has 2 aromatic heterocycles. The van der Waals surface area contributed by atoms with E-state index in [4.69, 9.17) is 4.98 Å². The van der Waals surface area contributed by atoms with Crippen LogP contribution in [0.15, 0.2) is 17.8 Å². The fourth-order valence-electron chi connectivity index (χ4n) is 3.72. The average Bonchev–Trinajstić information content (AvgIpc) is 2.87. The smallest absolute Gasteiger partial charge is 0.193 e. The Bertz CT molecular complexity index is 558. The van der Waals surface area contributed by atoms with Gasteiger partial charge in [-0.25, -0.2) is 4.98 Å². The first-order valence-corrected chi connectivity index (χ1v) is 8.43. The van der Waals surface area contributed by atoms with E-state index in [1.807, 2.05) is 0 Å². The Morgan fingerprint density at radius 2 is 2.25 bits per heavy atom. The third-order valence-corrected chi connectivity index (χ3v) is 5.63. The van der Waals surface area contributed by atoms with Gasteiger partial charge in [-0.3, -0.25) is 4.40 Å². The minimum absolute atomic E-state index is 0.101. The first-order chi connectivity index (χ1) is 9.45. The van der Waals surface area contributed by atoms with Gasteiger partial charge in [-0.15, -0.1) is 11.3 Å². The lowest BCUT2D eigenvalue weighted by atomic mass is 9.66. The molecule has 0 bridgehead atoms. The third kappa shape index (κ3) is 2.63. The molecule has 4 heteroatoms. The van der Waals surface area contributed by atoms with Crippen molar-refractivity contribution in [3.8, 4) is 0 Å². The van der Waals surface area contributed by atoms with Crippen LogP contribution in [0.3, 0.4) is 0 Å². The second-order valence-electron chi connectivity index (χ2n) is 7.08. The maximum absolute atomic E-state index is 10.4. The van der Waals surface area contributed by atoms with Gasteiger partial charge in [0.1, 0.15) is 0 Å². The monoisotopic (exact) mass is 292 g/mol. The second-order valence-corrected chi connectivity index (χ2v) is 7.96. The summed E-state index contributed by atoms with van der Waals surface area (Å²) in [5.74, 6) is 1.05. The Hall–Kier alpha value is -0.870. The second kappa shape index (κ2) is 5.15. The van der Waals surface area contributed by atoms with Gasteiger partial charge in [0.25, 0.3) is 0 Å². The van der Waals surface area contributed by atoms with Crippen LogP contribution in [0.25, 0.3) is 4.96 Å². The summed E-state index contributed by atoms with van der Waals surface area (Å²) in [4.78, 5) is 5.76. The van der Waals surface area contributed by atoms with Gasteiger partial charge in [0.2, 0.25) is 0 Å². The molecule has 0 aliphatic heterocycles. The van der Waals surface area contributed by atoms with E-state index in [1.54, 1.807) is 11.3 Å². The molecular formula is C16H24N2OS. The zero-order valence-electron chi connectivity index (χ0n) is 12.5. The predicted molar refractivity (Wildman–Crippen MR) is 83.1 cm³/mol. The number of hydrogen-bond donors (Lipinski definition) is 1. The number of aromatic nitrogens is 2. The number of thiazole rings is 1. The van der Waals surface area contributed by atoms with E-state index >= 15 is 0 Å². The lowest BCUT2D eigenvalue weighted by molar-refractivity contribution is -0.0128. The molecule has 1 N–H and O–H groups in total. The summed E-state index contributed by atoms with van der Waals surface area (Å²) >= 11 is 1.67. The molecule has 1 fully saturated rings. The lowest BCUT2D eigenvalue weighted by Crippen LogP contribution is -2.39. The summed E-state index contributed by atoms with van der Waals surface area (Å²) < 4.78 is 2.09. The molecule has 3 atom stereocenters. The quantitative estimate of drug-likeness (QED) is 0.935. The van der Waals surface area contributed by atoms with Crippen LogP contribution in [0.2, 0.25) is 0 Å². The van der Waals surface area contributed by atoms with Gasteiger partial charge in [0.05, 0.1) is 11.8 Å². The average molecular weight is 292 g/mol. The van der Waals surface area contributed by atoms with Crippen LogP contribution in [-0.4, -0.2) is 20.6 Å². The standard InChI is InChI=1S/C16H24N2OS/c1-11-4-5-13(14(19)8-11)16(2,3)9-12-10-18-6-7-20-15(18)17-12/h6-7,10-11,13-14,19H,4-5,8-9H2,1-3H3. The van der Waals surface area contributed by atoms with Crippen molar-refractivity contribution < 1.29 is 5.11 Å². The van der Waals surface area contributed by atoms with E-state index in [9.17, 15) is 5.11 Å². The van der Waals surface area contributed by atoms with Crippen molar-refractivity contribution in [3.05, 3.63) is 23.5 Å². The first kappa shape index (κ1) is 14.1. The van der Waals surface area contributed by atoms with E-state index in [0.717, 1.165) is 29.9 Å². The minimum Gasteiger partial charge on any atom is -0.393 e. The van der Waals surface area contributed by atoms with Gasteiger partial charge in [0, 0.05) is 17.8 Å². The van der Waals surface area contributed by atoms with Gasteiger partial charge < -0.3 is 5.11 Å². The Morgan fingerprint density at radius 3 is 2.95 bits per heavy atom. The number of rotatable bonds is 3. The minimum atomic E-state index is -0.155. The largest absolute Gasteiger partial charge is 0.393 e. The Kier molecular flexibility index (Phi) is 3.63. The van der Waals surface area contributed by atoms with E-state index in [0.29, 0.717) is 11.8 Å². The number of hydrogen-bond acceptors (Lipinski definition) is 3. The van der Waals surface area contributed by atoms with Gasteiger partial charge in [-0.05, 0) is 36.5 Å². The van der Waals surface area contributed by atoms with Crippen molar-refractivity contribution in [1.29, 1.82) is 0 Å². The summed E-state index contributed by atoms with van der Waals surface area (Å²) in [6.07, 6.45) is 8.30. The molecule has 2 heterocycles.